The molecule has 0 saturated carbocycles. The van der Waals surface area contributed by atoms with Crippen LogP contribution in [0.4, 0.5) is 0 Å². The van der Waals surface area contributed by atoms with Crippen molar-refractivity contribution in [3.05, 3.63) is 98.9 Å². The summed E-state index contributed by atoms with van der Waals surface area (Å²) in [5.74, 6) is 1.37. The van der Waals surface area contributed by atoms with Crippen LogP contribution in [0.15, 0.2) is 76.1 Å². The van der Waals surface area contributed by atoms with E-state index in [2.05, 4.69) is 0 Å². The van der Waals surface area contributed by atoms with Crippen LogP contribution in [-0.4, -0.2) is 0 Å². The second-order valence-corrected chi connectivity index (χ2v) is 7.25. The Morgan fingerprint density at radius 2 is 1.79 bits per heavy atom. The van der Waals surface area contributed by atoms with Crippen molar-refractivity contribution in [2.75, 3.05) is 0 Å². The van der Waals surface area contributed by atoms with Gasteiger partial charge in [0.05, 0.1) is 5.39 Å². The van der Waals surface area contributed by atoms with Gasteiger partial charge in [-0.3, -0.25) is 4.79 Å². The second kappa shape index (κ2) is 8.02. The van der Waals surface area contributed by atoms with Gasteiger partial charge in [0.2, 0.25) is 11.2 Å². The highest BCUT2D eigenvalue weighted by Gasteiger charge is 2.12. The molecule has 4 rings (SSSR count). The SMILES string of the molecule is Cc1ccc(C)c(Oc2coc3cc(OCc4ccccc4Cl)ccc3c2=O)c1. The van der Waals surface area contributed by atoms with Crippen molar-refractivity contribution >= 4 is 22.6 Å². The van der Waals surface area contributed by atoms with Gasteiger partial charge in [0, 0.05) is 16.7 Å². The number of fused-ring (bicyclic) bond motifs is 1. The molecular weight excluding hydrogens is 388 g/mol. The number of aryl methyl sites for hydroxylation is 2. The van der Waals surface area contributed by atoms with Crippen molar-refractivity contribution in [2.45, 2.75) is 20.5 Å². The van der Waals surface area contributed by atoms with Crippen molar-refractivity contribution < 1.29 is 13.9 Å². The third kappa shape index (κ3) is 4.13. The van der Waals surface area contributed by atoms with E-state index in [9.17, 15) is 4.79 Å². The molecule has 0 unspecified atom stereocenters. The molecule has 0 saturated heterocycles. The zero-order valence-corrected chi connectivity index (χ0v) is 16.8. The summed E-state index contributed by atoms with van der Waals surface area (Å²) in [6, 6.07) is 18.4. The van der Waals surface area contributed by atoms with Gasteiger partial charge in [-0.1, -0.05) is 41.9 Å². The van der Waals surface area contributed by atoms with Crippen molar-refractivity contribution in [3.63, 3.8) is 0 Å². The van der Waals surface area contributed by atoms with Crippen LogP contribution < -0.4 is 14.9 Å². The number of halogens is 1. The molecule has 29 heavy (non-hydrogen) atoms. The third-order valence-electron chi connectivity index (χ3n) is 4.63. The highest BCUT2D eigenvalue weighted by Crippen LogP contribution is 2.27. The third-order valence-corrected chi connectivity index (χ3v) is 5.00. The lowest BCUT2D eigenvalue weighted by atomic mass is 10.1. The molecule has 4 nitrogen and oxygen atoms in total. The van der Waals surface area contributed by atoms with E-state index >= 15 is 0 Å². The minimum absolute atomic E-state index is 0.149. The van der Waals surface area contributed by atoms with Crippen LogP contribution in [0, 0.1) is 13.8 Å². The fraction of sp³-hybridized carbons (Fsp3) is 0.125. The average molecular weight is 407 g/mol. The Kier molecular flexibility index (Phi) is 5.28. The van der Waals surface area contributed by atoms with Crippen LogP contribution in [0.1, 0.15) is 16.7 Å². The smallest absolute Gasteiger partial charge is 0.235 e. The van der Waals surface area contributed by atoms with Crippen LogP contribution in [0.3, 0.4) is 0 Å². The lowest BCUT2D eigenvalue weighted by Crippen LogP contribution is -2.05. The van der Waals surface area contributed by atoms with Crippen molar-refractivity contribution in [3.8, 4) is 17.2 Å². The Morgan fingerprint density at radius 1 is 0.966 bits per heavy atom. The van der Waals surface area contributed by atoms with Crippen LogP contribution in [-0.2, 0) is 6.61 Å². The Labute approximate surface area is 173 Å². The second-order valence-electron chi connectivity index (χ2n) is 6.84. The van der Waals surface area contributed by atoms with E-state index in [1.165, 1.54) is 6.26 Å². The van der Waals surface area contributed by atoms with E-state index < -0.39 is 0 Å². The molecule has 0 amide bonds. The summed E-state index contributed by atoms with van der Waals surface area (Å²) in [5, 5.41) is 1.07. The Balaban J connectivity index is 1.59. The summed E-state index contributed by atoms with van der Waals surface area (Å²) in [6.07, 6.45) is 1.34. The zero-order valence-electron chi connectivity index (χ0n) is 16.1. The maximum atomic E-state index is 12.8. The number of hydrogen-bond acceptors (Lipinski definition) is 4. The fourth-order valence-electron chi connectivity index (χ4n) is 2.96. The first kappa shape index (κ1) is 19.1. The molecule has 0 bridgehead atoms. The van der Waals surface area contributed by atoms with Crippen LogP contribution in [0.5, 0.6) is 17.2 Å². The molecule has 0 radical (unpaired) electrons. The van der Waals surface area contributed by atoms with Crippen LogP contribution in [0.25, 0.3) is 11.0 Å². The molecule has 146 valence electrons. The Bertz CT molecular complexity index is 1240. The van der Waals surface area contributed by atoms with E-state index in [-0.39, 0.29) is 11.2 Å². The predicted octanol–water partition coefficient (Wildman–Crippen LogP) is 6.43. The number of rotatable bonds is 5. The van der Waals surface area contributed by atoms with Gasteiger partial charge in [-0.25, -0.2) is 0 Å². The normalized spacial score (nSPS) is 10.9. The number of benzene rings is 3. The molecule has 1 aromatic heterocycles. The molecule has 0 fully saturated rings. The van der Waals surface area contributed by atoms with Gasteiger partial charge in [-0.05, 0) is 49.2 Å². The fourth-order valence-corrected chi connectivity index (χ4v) is 3.15. The molecule has 0 N–H and O–H groups in total. The van der Waals surface area contributed by atoms with Gasteiger partial charge in [-0.15, -0.1) is 0 Å². The molecule has 4 aromatic rings. The minimum Gasteiger partial charge on any atom is -0.489 e. The molecule has 0 aliphatic carbocycles. The number of hydrogen-bond donors (Lipinski definition) is 0. The molecule has 0 aliphatic rings. The molecule has 0 spiro atoms. The van der Waals surface area contributed by atoms with Crippen molar-refractivity contribution in [1.29, 1.82) is 0 Å². The van der Waals surface area contributed by atoms with E-state index in [1.54, 1.807) is 18.2 Å². The molecular formula is C24H19ClO4. The van der Waals surface area contributed by atoms with Gasteiger partial charge < -0.3 is 13.9 Å². The van der Waals surface area contributed by atoms with E-state index in [0.29, 0.717) is 34.1 Å². The lowest BCUT2D eigenvalue weighted by Gasteiger charge is -2.10. The standard InChI is InChI=1S/C24H19ClO4/c1-15-7-8-16(2)21(11-15)29-23-14-28-22-12-18(9-10-19(22)24(23)26)27-13-17-5-3-4-6-20(17)25/h3-12,14H,13H2,1-2H3. The summed E-state index contributed by atoms with van der Waals surface area (Å²) in [6.45, 7) is 4.22. The average Bonchev–Trinajstić information content (AvgIpc) is 2.72. The first-order valence-corrected chi connectivity index (χ1v) is 9.56. The summed E-state index contributed by atoms with van der Waals surface area (Å²) < 4.78 is 17.3. The topological polar surface area (TPSA) is 48.7 Å². The van der Waals surface area contributed by atoms with Gasteiger partial charge in [0.25, 0.3) is 0 Å². The summed E-state index contributed by atoms with van der Waals surface area (Å²) >= 11 is 6.16. The molecule has 0 aliphatic heterocycles. The van der Waals surface area contributed by atoms with Gasteiger partial charge in [-0.2, -0.15) is 0 Å². The summed E-state index contributed by atoms with van der Waals surface area (Å²) in [7, 11) is 0. The van der Waals surface area contributed by atoms with E-state index in [0.717, 1.165) is 16.7 Å². The van der Waals surface area contributed by atoms with Crippen molar-refractivity contribution in [1.82, 2.24) is 0 Å². The maximum Gasteiger partial charge on any atom is 0.235 e. The minimum atomic E-state index is -0.232. The quantitative estimate of drug-likeness (QED) is 0.383. The van der Waals surface area contributed by atoms with E-state index in [4.69, 9.17) is 25.5 Å². The Morgan fingerprint density at radius 3 is 2.62 bits per heavy atom. The summed E-state index contributed by atoms with van der Waals surface area (Å²) in [5.41, 5.74) is 3.08. The molecule has 1 heterocycles. The molecule has 0 atom stereocenters. The largest absolute Gasteiger partial charge is 0.489 e. The zero-order chi connectivity index (χ0) is 20.4. The first-order chi connectivity index (χ1) is 14.0. The highest BCUT2D eigenvalue weighted by molar-refractivity contribution is 6.31. The maximum absolute atomic E-state index is 12.8. The van der Waals surface area contributed by atoms with Gasteiger partial charge >= 0.3 is 0 Å². The Hall–Kier alpha value is -3.24. The van der Waals surface area contributed by atoms with Gasteiger partial charge in [0.1, 0.15) is 30.0 Å². The molecule has 3 aromatic carbocycles. The number of ether oxygens (including phenoxy) is 2. The van der Waals surface area contributed by atoms with Gasteiger partial charge in [0.15, 0.2) is 0 Å². The van der Waals surface area contributed by atoms with E-state index in [1.807, 2.05) is 56.3 Å². The lowest BCUT2D eigenvalue weighted by molar-refractivity contribution is 0.306. The molecule has 5 heteroatoms. The van der Waals surface area contributed by atoms with Crippen LogP contribution in [0.2, 0.25) is 5.02 Å². The van der Waals surface area contributed by atoms with Crippen molar-refractivity contribution in [2.24, 2.45) is 0 Å². The highest BCUT2D eigenvalue weighted by atomic mass is 35.5. The van der Waals surface area contributed by atoms with Crippen LogP contribution >= 0.6 is 11.6 Å². The first-order valence-electron chi connectivity index (χ1n) is 9.18. The predicted molar refractivity (Wildman–Crippen MR) is 114 cm³/mol. The monoisotopic (exact) mass is 406 g/mol. The summed E-state index contributed by atoms with van der Waals surface area (Å²) in [4.78, 5) is 12.8.